The first-order valence-electron chi connectivity index (χ1n) is 13.2. The molecule has 3 aromatic rings. The van der Waals surface area contributed by atoms with E-state index in [2.05, 4.69) is 31.6 Å². The number of benzene rings is 2. The molecule has 4 rings (SSSR count). The van der Waals surface area contributed by atoms with Crippen LogP contribution in [0.25, 0.3) is 11.3 Å². The van der Waals surface area contributed by atoms with Crippen LogP contribution in [0.1, 0.15) is 26.5 Å². The zero-order chi connectivity index (χ0) is 31.1. The van der Waals surface area contributed by atoms with E-state index in [1.54, 1.807) is 19.1 Å². The zero-order valence-corrected chi connectivity index (χ0v) is 23.3. The number of aromatic nitrogens is 2. The molecule has 1 aliphatic heterocycles. The third-order valence-electron chi connectivity index (χ3n) is 6.73. The minimum absolute atomic E-state index is 0.0747. The fourth-order valence-corrected chi connectivity index (χ4v) is 4.48. The minimum Gasteiger partial charge on any atom is -0.476 e. The number of hydrogen-bond acceptors (Lipinski definition) is 8. The number of aliphatic hydroxyl groups is 1. The molecule has 13 nitrogen and oxygen atoms in total. The normalized spacial score (nSPS) is 15.8. The molecule has 0 spiro atoms. The number of carbonyl (C=O) groups excluding carboxylic acids is 3. The van der Waals surface area contributed by atoms with E-state index >= 15 is 0 Å². The number of halogens is 2. The number of β-amino-alcohol motifs (C(OH)–C–C–N with tert-alkyl or cyclic N) is 1. The van der Waals surface area contributed by atoms with Gasteiger partial charge in [-0.25, -0.2) is 14.2 Å². The molecule has 43 heavy (non-hydrogen) atoms. The Morgan fingerprint density at radius 3 is 2.60 bits per heavy atom. The van der Waals surface area contributed by atoms with Crippen LogP contribution in [0.3, 0.4) is 0 Å². The molecule has 15 heteroatoms. The van der Waals surface area contributed by atoms with E-state index in [-0.39, 0.29) is 42.1 Å². The Bertz CT molecular complexity index is 1570. The number of urea groups is 1. The van der Waals surface area contributed by atoms with E-state index < -0.39 is 42.0 Å². The predicted molar refractivity (Wildman–Crippen MR) is 150 cm³/mol. The van der Waals surface area contributed by atoms with E-state index in [9.17, 15) is 28.3 Å². The highest BCUT2D eigenvalue weighted by Gasteiger charge is 2.26. The van der Waals surface area contributed by atoms with Gasteiger partial charge in [-0.1, -0.05) is 0 Å². The van der Waals surface area contributed by atoms with Crippen molar-refractivity contribution in [3.05, 3.63) is 65.1 Å². The summed E-state index contributed by atoms with van der Waals surface area (Å²) in [4.78, 5) is 41.6. The highest BCUT2D eigenvalue weighted by atomic mass is 19.2. The van der Waals surface area contributed by atoms with Gasteiger partial charge in [0.05, 0.1) is 24.0 Å². The quantitative estimate of drug-likeness (QED) is 0.189. The summed E-state index contributed by atoms with van der Waals surface area (Å²) in [5.41, 5.74) is 1.29. The fourth-order valence-electron chi connectivity index (χ4n) is 4.48. The Labute approximate surface area is 245 Å². The minimum atomic E-state index is -1.26. The van der Waals surface area contributed by atoms with Crippen LogP contribution in [0.5, 0.6) is 5.75 Å². The highest BCUT2D eigenvalue weighted by Crippen LogP contribution is 2.30. The molecule has 0 saturated carbocycles. The third kappa shape index (κ3) is 7.23. The lowest BCUT2D eigenvalue weighted by Crippen LogP contribution is -2.48. The number of rotatable bonds is 10. The maximum absolute atomic E-state index is 14.7. The Morgan fingerprint density at radius 1 is 1.14 bits per heavy atom. The van der Waals surface area contributed by atoms with E-state index in [0.29, 0.717) is 29.9 Å². The smallest absolute Gasteiger partial charge is 0.315 e. The molecule has 1 fully saturated rings. The number of ether oxygens (including phenoxy) is 1. The number of hydrogen-bond donors (Lipinski definition) is 6. The van der Waals surface area contributed by atoms with E-state index in [1.165, 1.54) is 42.1 Å². The van der Waals surface area contributed by atoms with Crippen molar-refractivity contribution in [3.63, 3.8) is 0 Å². The maximum Gasteiger partial charge on any atom is 0.315 e. The Hall–Kier alpha value is -5.07. The van der Waals surface area contributed by atoms with Crippen LogP contribution in [0.15, 0.2) is 36.5 Å². The van der Waals surface area contributed by atoms with Crippen LogP contribution in [0.2, 0.25) is 0 Å². The molecule has 0 radical (unpaired) electrons. The molecule has 1 saturated heterocycles. The molecule has 226 valence electrons. The summed E-state index contributed by atoms with van der Waals surface area (Å²) < 4.78 is 35.3. The van der Waals surface area contributed by atoms with Gasteiger partial charge < -0.3 is 41.0 Å². The van der Waals surface area contributed by atoms with Crippen molar-refractivity contribution in [3.8, 4) is 23.1 Å². The SMILES string of the molecule is Cc1cc(NC(=O)c2ncc(-c3ccc(OCC#N)c(F)c3F)n2C)ccc1C(=O)NCCNC(=O)N[C@H]1CNC[C@@H]1O. The molecular weight excluding hydrogens is 566 g/mol. The second kappa shape index (κ2) is 13.7. The Kier molecular flexibility index (Phi) is 9.86. The van der Waals surface area contributed by atoms with Gasteiger partial charge in [0, 0.05) is 50.0 Å². The summed E-state index contributed by atoms with van der Waals surface area (Å²) in [6, 6.07) is 7.97. The summed E-state index contributed by atoms with van der Waals surface area (Å²) >= 11 is 0. The fraction of sp³-hybridized carbons (Fsp3) is 0.321. The summed E-state index contributed by atoms with van der Waals surface area (Å²) in [6.07, 6.45) is 0.577. The van der Waals surface area contributed by atoms with Gasteiger partial charge in [-0.15, -0.1) is 0 Å². The monoisotopic (exact) mass is 596 g/mol. The summed E-state index contributed by atoms with van der Waals surface area (Å²) in [5.74, 6) is -3.96. The average molecular weight is 597 g/mol. The van der Waals surface area contributed by atoms with Crippen molar-refractivity contribution in [1.29, 1.82) is 5.26 Å². The van der Waals surface area contributed by atoms with Crippen molar-refractivity contribution in [1.82, 2.24) is 30.8 Å². The molecule has 1 aliphatic rings. The standard InChI is InChI=1S/C28H30F2N8O5/c1-15-11-16(3-4-17(15)26(40)33-8-9-34-28(42)37-19-12-32-14-21(19)39)36-27(41)25-35-13-20(38(25)2)18-5-6-22(43-10-7-31)24(30)23(18)29/h3-6,11,13,19,21,32,39H,8-10,12,14H2,1-2H3,(H,33,40)(H,36,41)(H2,34,37,42)/t19-,21-/m0/s1. The van der Waals surface area contributed by atoms with Gasteiger partial charge in [0.15, 0.2) is 24.0 Å². The van der Waals surface area contributed by atoms with E-state index in [0.717, 1.165) is 0 Å². The molecule has 1 aromatic heterocycles. The molecule has 6 N–H and O–H groups in total. The number of amides is 4. The third-order valence-corrected chi connectivity index (χ3v) is 6.73. The number of nitriles is 1. The van der Waals surface area contributed by atoms with Crippen LogP contribution < -0.4 is 31.3 Å². The van der Waals surface area contributed by atoms with Gasteiger partial charge in [-0.05, 0) is 42.8 Å². The van der Waals surface area contributed by atoms with Gasteiger partial charge in [0.1, 0.15) is 6.07 Å². The van der Waals surface area contributed by atoms with Crippen molar-refractivity contribution in [2.75, 3.05) is 38.1 Å². The molecule has 2 heterocycles. The topological polar surface area (TPSA) is 182 Å². The zero-order valence-electron chi connectivity index (χ0n) is 23.3. The number of carbonyl (C=O) groups is 3. The lowest BCUT2D eigenvalue weighted by atomic mass is 10.1. The van der Waals surface area contributed by atoms with Crippen molar-refractivity contribution < 1.29 is 33.0 Å². The maximum atomic E-state index is 14.7. The number of anilines is 1. The number of imidazole rings is 1. The molecule has 0 bridgehead atoms. The van der Waals surface area contributed by atoms with Crippen LogP contribution >= 0.6 is 0 Å². The first kappa shape index (κ1) is 30.9. The molecule has 0 unspecified atom stereocenters. The Morgan fingerprint density at radius 2 is 1.91 bits per heavy atom. The van der Waals surface area contributed by atoms with Crippen LogP contribution in [0, 0.1) is 29.9 Å². The van der Waals surface area contributed by atoms with Crippen LogP contribution in [-0.4, -0.2) is 77.4 Å². The van der Waals surface area contributed by atoms with Gasteiger partial charge in [-0.3, -0.25) is 9.59 Å². The molecule has 0 aliphatic carbocycles. The first-order chi connectivity index (χ1) is 20.6. The first-order valence-corrected chi connectivity index (χ1v) is 13.2. The van der Waals surface area contributed by atoms with Crippen molar-refractivity contribution in [2.45, 2.75) is 19.1 Å². The van der Waals surface area contributed by atoms with Gasteiger partial charge >= 0.3 is 6.03 Å². The van der Waals surface area contributed by atoms with Crippen molar-refractivity contribution in [2.24, 2.45) is 7.05 Å². The van der Waals surface area contributed by atoms with E-state index in [1.807, 2.05) is 0 Å². The van der Waals surface area contributed by atoms with Gasteiger partial charge in [-0.2, -0.15) is 9.65 Å². The highest BCUT2D eigenvalue weighted by molar-refractivity contribution is 6.03. The molecule has 4 amide bonds. The lowest BCUT2D eigenvalue weighted by Gasteiger charge is -2.16. The van der Waals surface area contributed by atoms with Gasteiger partial charge in [0.25, 0.3) is 11.8 Å². The summed E-state index contributed by atoms with van der Waals surface area (Å²) in [7, 11) is 1.47. The largest absolute Gasteiger partial charge is 0.476 e. The number of aryl methyl sites for hydroxylation is 1. The molecule has 2 atom stereocenters. The lowest BCUT2D eigenvalue weighted by molar-refractivity contribution is 0.0952. The molecule has 2 aromatic carbocycles. The number of aliphatic hydroxyl groups excluding tert-OH is 1. The van der Waals surface area contributed by atoms with Gasteiger partial charge in [0.2, 0.25) is 5.82 Å². The van der Waals surface area contributed by atoms with Crippen LogP contribution in [0.4, 0.5) is 19.3 Å². The average Bonchev–Trinajstić information content (AvgIpc) is 3.56. The predicted octanol–water partition coefficient (Wildman–Crippen LogP) is 1.19. The Balaban J connectivity index is 1.33. The summed E-state index contributed by atoms with van der Waals surface area (Å²) in [5, 5.41) is 31.9. The second-order valence-corrected chi connectivity index (χ2v) is 9.68. The summed E-state index contributed by atoms with van der Waals surface area (Å²) in [6.45, 7) is 2.46. The van der Waals surface area contributed by atoms with Crippen LogP contribution in [-0.2, 0) is 7.05 Å². The molecular formula is C28H30F2N8O5. The van der Waals surface area contributed by atoms with E-state index in [4.69, 9.17) is 10.00 Å². The van der Waals surface area contributed by atoms with Crippen molar-refractivity contribution >= 4 is 23.5 Å². The number of nitrogens with zero attached hydrogens (tertiary/aromatic N) is 3. The second-order valence-electron chi connectivity index (χ2n) is 9.68. The number of nitrogens with one attached hydrogen (secondary N) is 5.